The molecule has 5 heteroatoms. The number of hydrogen-bond acceptors (Lipinski definition) is 5. The van der Waals surface area contributed by atoms with Crippen molar-refractivity contribution >= 4 is 54.3 Å². The molecule has 10 aromatic rings. The molecule has 0 aliphatic heterocycles. The fourth-order valence-corrected chi connectivity index (χ4v) is 6.91. The van der Waals surface area contributed by atoms with Gasteiger partial charge in [-0.3, -0.25) is 4.98 Å². The van der Waals surface area contributed by atoms with Crippen molar-refractivity contribution in [1.29, 1.82) is 0 Å². The molecule has 0 atom stereocenters. The van der Waals surface area contributed by atoms with E-state index in [1.165, 1.54) is 10.8 Å². The molecule has 232 valence electrons. The zero-order valence-corrected chi connectivity index (χ0v) is 26.8. The first-order chi connectivity index (χ1) is 24.7. The van der Waals surface area contributed by atoms with Crippen LogP contribution in [0.3, 0.4) is 0 Å². The maximum atomic E-state index is 5.30. The lowest BCUT2D eigenvalue weighted by atomic mass is 9.97. The van der Waals surface area contributed by atoms with E-state index in [9.17, 15) is 0 Å². The van der Waals surface area contributed by atoms with Gasteiger partial charge in [-0.1, -0.05) is 97.1 Å². The first kappa shape index (κ1) is 28.2. The minimum Gasteiger partial charge on any atom is -0.254 e. The monoisotopic (exact) mass is 637 g/mol. The van der Waals surface area contributed by atoms with Crippen LogP contribution in [-0.4, -0.2) is 24.9 Å². The second-order valence-electron chi connectivity index (χ2n) is 12.6. The molecule has 0 unspecified atom stereocenters. The second kappa shape index (κ2) is 11.4. The van der Waals surface area contributed by atoms with Gasteiger partial charge >= 0.3 is 0 Å². The van der Waals surface area contributed by atoms with E-state index in [1.54, 1.807) is 0 Å². The van der Waals surface area contributed by atoms with Crippen LogP contribution in [0.25, 0.3) is 99.5 Å². The highest BCUT2D eigenvalue weighted by Crippen LogP contribution is 2.36. The topological polar surface area (TPSA) is 64.5 Å². The van der Waals surface area contributed by atoms with Crippen molar-refractivity contribution < 1.29 is 0 Å². The molecule has 0 spiro atoms. The van der Waals surface area contributed by atoms with Crippen LogP contribution < -0.4 is 0 Å². The molecule has 0 radical (unpaired) electrons. The van der Waals surface area contributed by atoms with Gasteiger partial charge in [0.1, 0.15) is 0 Å². The minimum absolute atomic E-state index is 0.772. The van der Waals surface area contributed by atoms with Crippen molar-refractivity contribution in [3.05, 3.63) is 164 Å². The van der Waals surface area contributed by atoms with Crippen LogP contribution in [0.15, 0.2) is 164 Å². The Balaban J connectivity index is 1.13. The van der Waals surface area contributed by atoms with Gasteiger partial charge in [-0.25, -0.2) is 19.9 Å². The molecule has 50 heavy (non-hydrogen) atoms. The summed E-state index contributed by atoms with van der Waals surface area (Å²) in [7, 11) is 0. The van der Waals surface area contributed by atoms with Crippen molar-refractivity contribution in [2.24, 2.45) is 0 Å². The zero-order valence-electron chi connectivity index (χ0n) is 26.8. The summed E-state index contributed by atoms with van der Waals surface area (Å²) in [5, 5.41) is 7.75. The number of pyridine rings is 5. The normalized spacial score (nSPS) is 11.6. The van der Waals surface area contributed by atoms with E-state index in [1.807, 2.05) is 54.7 Å². The molecule has 0 aliphatic rings. The van der Waals surface area contributed by atoms with E-state index < -0.39 is 0 Å². The fraction of sp³-hybridized carbons (Fsp3) is 0. The Hall–Kier alpha value is -6.85. The van der Waals surface area contributed by atoms with E-state index in [2.05, 4.69) is 109 Å². The summed E-state index contributed by atoms with van der Waals surface area (Å²) in [6, 6.07) is 54.3. The first-order valence-corrected chi connectivity index (χ1v) is 16.7. The predicted molar refractivity (Wildman–Crippen MR) is 205 cm³/mol. The molecule has 0 fully saturated rings. The lowest BCUT2D eigenvalue weighted by Gasteiger charge is -2.13. The number of hydrogen-bond donors (Lipinski definition) is 0. The van der Waals surface area contributed by atoms with E-state index in [4.69, 9.17) is 24.9 Å². The van der Waals surface area contributed by atoms with Crippen molar-refractivity contribution in [2.45, 2.75) is 0 Å². The number of nitrogens with zero attached hydrogens (tertiary/aromatic N) is 5. The smallest absolute Gasteiger partial charge is 0.0979 e. The van der Waals surface area contributed by atoms with Crippen molar-refractivity contribution in [2.75, 3.05) is 0 Å². The van der Waals surface area contributed by atoms with E-state index in [0.29, 0.717) is 0 Å². The number of rotatable bonds is 4. The van der Waals surface area contributed by atoms with Gasteiger partial charge in [0.25, 0.3) is 0 Å². The summed E-state index contributed by atoms with van der Waals surface area (Å²) in [6.07, 6.45) is 1.91. The summed E-state index contributed by atoms with van der Waals surface area (Å²) >= 11 is 0. The molecule has 0 saturated carbocycles. The average molecular weight is 638 g/mol. The Bertz CT molecular complexity index is 2940. The molecule has 0 saturated heterocycles. The highest BCUT2D eigenvalue weighted by atomic mass is 14.8. The predicted octanol–water partition coefficient (Wildman–Crippen LogP) is 11.1. The Kier molecular flexibility index (Phi) is 6.42. The summed E-state index contributed by atoms with van der Waals surface area (Å²) in [6.45, 7) is 0. The summed E-state index contributed by atoms with van der Waals surface area (Å²) in [5.41, 5.74) is 9.63. The Labute approximate surface area is 287 Å². The molecule has 0 bridgehead atoms. The Morgan fingerprint density at radius 3 is 1.72 bits per heavy atom. The van der Waals surface area contributed by atoms with Crippen LogP contribution in [0.2, 0.25) is 0 Å². The largest absolute Gasteiger partial charge is 0.254 e. The number of fused-ring (bicyclic) bond motifs is 6. The maximum absolute atomic E-state index is 5.30. The molecule has 0 N–H and O–H groups in total. The molecule has 0 amide bonds. The Morgan fingerprint density at radius 2 is 0.920 bits per heavy atom. The first-order valence-electron chi connectivity index (χ1n) is 16.7. The van der Waals surface area contributed by atoms with Crippen LogP contribution in [0.1, 0.15) is 0 Å². The van der Waals surface area contributed by atoms with Gasteiger partial charge in [-0.05, 0) is 87.9 Å². The highest BCUT2D eigenvalue weighted by molar-refractivity contribution is 6.11. The summed E-state index contributed by atoms with van der Waals surface area (Å²) in [5.74, 6) is 0. The average Bonchev–Trinajstić information content (AvgIpc) is 3.19. The molecule has 5 aromatic carbocycles. The molecule has 5 aromatic heterocycles. The molecule has 5 nitrogen and oxygen atoms in total. The maximum Gasteiger partial charge on any atom is 0.0979 e. The van der Waals surface area contributed by atoms with Crippen LogP contribution in [-0.2, 0) is 0 Å². The zero-order chi connectivity index (χ0) is 33.0. The van der Waals surface area contributed by atoms with Gasteiger partial charge in [0.15, 0.2) is 0 Å². The van der Waals surface area contributed by atoms with Crippen LogP contribution in [0.5, 0.6) is 0 Å². The number of benzene rings is 5. The molecular formula is C45H27N5. The van der Waals surface area contributed by atoms with Gasteiger partial charge in [0, 0.05) is 27.7 Å². The quantitative estimate of drug-likeness (QED) is 0.142. The SMILES string of the molecule is c1ccc(-c2cc3ccc(-c4cc5ccccc5cn4)nc3c3nc(-c4cccc(-c5ccc6cc7ccccc7cc6n5)n4)ccc23)cc1. The molecule has 5 heterocycles. The van der Waals surface area contributed by atoms with Crippen LogP contribution in [0, 0.1) is 0 Å². The third kappa shape index (κ3) is 4.83. The Morgan fingerprint density at radius 1 is 0.320 bits per heavy atom. The lowest BCUT2D eigenvalue weighted by Crippen LogP contribution is -1.96. The highest BCUT2D eigenvalue weighted by Gasteiger charge is 2.15. The van der Waals surface area contributed by atoms with Gasteiger partial charge in [0.2, 0.25) is 0 Å². The minimum atomic E-state index is 0.772. The van der Waals surface area contributed by atoms with Gasteiger partial charge in [-0.2, -0.15) is 0 Å². The van der Waals surface area contributed by atoms with Crippen molar-refractivity contribution in [3.8, 4) is 45.3 Å². The van der Waals surface area contributed by atoms with Gasteiger partial charge in [0.05, 0.1) is 50.7 Å². The lowest BCUT2D eigenvalue weighted by molar-refractivity contribution is 1.25. The van der Waals surface area contributed by atoms with E-state index in [0.717, 1.165) is 88.8 Å². The van der Waals surface area contributed by atoms with E-state index in [-0.39, 0.29) is 0 Å². The standard InChI is InChI=1S/C45H27N5/c1-2-9-28(10-3-1)36-24-33-18-21-41(43-26-31-13-6-7-14-34(31)27-46-43)49-44(33)45-35(36)19-22-40(50-45)38-16-8-15-37(47-38)39-20-17-32-23-29-11-4-5-12-30(29)25-42(32)48-39/h1-27H. The molecular weight excluding hydrogens is 611 g/mol. The van der Waals surface area contributed by atoms with Crippen molar-refractivity contribution in [1.82, 2.24) is 24.9 Å². The third-order valence-electron chi connectivity index (χ3n) is 9.44. The molecule has 10 rings (SSSR count). The third-order valence-corrected chi connectivity index (χ3v) is 9.44. The van der Waals surface area contributed by atoms with Crippen LogP contribution >= 0.6 is 0 Å². The van der Waals surface area contributed by atoms with Gasteiger partial charge in [-0.15, -0.1) is 0 Å². The summed E-state index contributed by atoms with van der Waals surface area (Å²) in [4.78, 5) is 25.4. The van der Waals surface area contributed by atoms with E-state index >= 15 is 0 Å². The summed E-state index contributed by atoms with van der Waals surface area (Å²) < 4.78 is 0. The van der Waals surface area contributed by atoms with Crippen molar-refractivity contribution in [3.63, 3.8) is 0 Å². The second-order valence-corrected chi connectivity index (χ2v) is 12.6. The van der Waals surface area contributed by atoms with Gasteiger partial charge < -0.3 is 0 Å². The van der Waals surface area contributed by atoms with Crippen LogP contribution in [0.4, 0.5) is 0 Å². The fourth-order valence-electron chi connectivity index (χ4n) is 6.91. The molecule has 0 aliphatic carbocycles. The number of aromatic nitrogens is 5.